The molecule has 728 valence electrons. The van der Waals surface area contributed by atoms with Crippen molar-refractivity contribution in [3.8, 4) is 0 Å². The topological polar surface area (TPSA) is 331 Å². The molecule has 0 aromatic rings. The van der Waals surface area contributed by atoms with Gasteiger partial charge in [0, 0.05) is 96.8 Å². The first-order valence-electron chi connectivity index (χ1n) is 46.5. The minimum absolute atomic E-state index is 0. The van der Waals surface area contributed by atoms with Crippen molar-refractivity contribution in [1.82, 2.24) is 34.3 Å². The summed E-state index contributed by atoms with van der Waals surface area (Å²) in [5, 5.41) is 36.8. The lowest BCUT2D eigenvalue weighted by Crippen LogP contribution is -2.49. The number of piperidine rings is 7. The number of aldehydes is 1. The van der Waals surface area contributed by atoms with Gasteiger partial charge < -0.3 is 92.2 Å². The molecule has 0 unspecified atom stereocenters. The Hall–Kier alpha value is -5.91. The molecule has 0 aromatic heterocycles. The number of likely N-dealkylation sites (tertiary alicyclic amines) is 7. The Morgan fingerprint density at radius 1 is 0.323 bits per heavy atom. The van der Waals surface area contributed by atoms with E-state index in [2.05, 4.69) is 68.5 Å². The lowest BCUT2D eigenvalue weighted by Gasteiger charge is -2.42. The van der Waals surface area contributed by atoms with Crippen LogP contribution in [0.3, 0.4) is 0 Å². The maximum atomic E-state index is 12.4. The van der Waals surface area contributed by atoms with Crippen LogP contribution >= 0.6 is 0 Å². The zero-order valence-corrected chi connectivity index (χ0v) is 84.2. The quantitative estimate of drug-likeness (QED) is 0.0713. The summed E-state index contributed by atoms with van der Waals surface area (Å²) in [6.07, 6.45) is 17.5. The normalized spacial score (nSPS) is 23.3. The van der Waals surface area contributed by atoms with Crippen molar-refractivity contribution in [2.75, 3.05) is 85.3 Å². The van der Waals surface area contributed by atoms with E-state index in [4.69, 9.17) is 47.8 Å². The Morgan fingerprint density at radius 3 is 0.895 bits per heavy atom. The number of nitrogens with zero attached hydrogens (tertiary/aromatic N) is 7. The van der Waals surface area contributed by atoms with E-state index >= 15 is 0 Å². The first-order valence-corrected chi connectivity index (χ1v) is 49.5. The number of aliphatic hydroxyl groups is 3. The molecule has 0 radical (unpaired) electrons. The first-order chi connectivity index (χ1) is 56.5. The molecule has 7 heterocycles. The second kappa shape index (κ2) is 53.9. The molecule has 7 aliphatic rings. The molecule has 7 saturated heterocycles. The number of hydrogen-bond donors (Lipinski definition) is 4. The summed E-state index contributed by atoms with van der Waals surface area (Å²) < 4.78 is 44.0. The second-order valence-electron chi connectivity index (χ2n) is 43.2. The Balaban J connectivity index is 0.00000143. The van der Waals surface area contributed by atoms with Gasteiger partial charge in [-0.15, -0.1) is 0 Å². The number of carbonyl (C=O) groups is 9. The molecular weight excluding hydrogens is 1600 g/mol. The van der Waals surface area contributed by atoms with Crippen LogP contribution in [0, 0.1) is 41.4 Å². The van der Waals surface area contributed by atoms with Crippen molar-refractivity contribution in [3.63, 3.8) is 0 Å². The molecular formula is C95H183N7O21Si. The van der Waals surface area contributed by atoms with Crippen LogP contribution in [0.1, 0.15) is 344 Å². The first kappa shape index (κ1) is 118. The van der Waals surface area contributed by atoms with Crippen LogP contribution < -0.4 is 0 Å². The predicted molar refractivity (Wildman–Crippen MR) is 495 cm³/mol. The number of aliphatic hydroxyl groups excluding tert-OH is 3. The highest BCUT2D eigenvalue weighted by atomic mass is 28.4. The molecule has 28 nitrogen and oxygen atoms in total. The van der Waals surface area contributed by atoms with E-state index in [1.807, 2.05) is 167 Å². The van der Waals surface area contributed by atoms with Crippen molar-refractivity contribution in [1.29, 1.82) is 0 Å². The highest BCUT2D eigenvalue weighted by Gasteiger charge is 2.42. The van der Waals surface area contributed by atoms with Crippen LogP contribution in [0.2, 0.25) is 18.1 Å². The number of rotatable bonds is 14. The summed E-state index contributed by atoms with van der Waals surface area (Å²) in [4.78, 5) is 118. The van der Waals surface area contributed by atoms with Gasteiger partial charge in [0.15, 0.2) is 8.32 Å². The highest BCUT2D eigenvalue weighted by molar-refractivity contribution is 6.74. The maximum absolute atomic E-state index is 12.4. The summed E-state index contributed by atoms with van der Waals surface area (Å²) >= 11 is 0. The van der Waals surface area contributed by atoms with Gasteiger partial charge in [-0.25, -0.2) is 33.6 Å². The van der Waals surface area contributed by atoms with Gasteiger partial charge >= 0.3 is 48.6 Å². The lowest BCUT2D eigenvalue weighted by atomic mass is 9.89. The third kappa shape index (κ3) is 46.9. The Morgan fingerprint density at radius 2 is 0.589 bits per heavy atom. The zero-order valence-electron chi connectivity index (χ0n) is 83.2. The van der Waals surface area contributed by atoms with Gasteiger partial charge in [0.1, 0.15) is 45.5 Å². The number of carboxylic acid groups (broad SMARTS) is 1. The molecule has 0 spiro atoms. The SMILES string of the molecule is C.CC(C)(C)OC(=O)N1CCC(CO)CC1.CCC1CCN(C(=O)OC(C)(C)C)CC1.CC[C@@H]1C[C@@H](C(=O)O)CCN1C(=O)OC(C)(C)C.CC[C@@H]1C[C@@H](CO)CCN1C(=O)OC(C)(C)C.CC[C@@H]1C[C@@H](CO[Si](C)(C)C(C)(C)C)CCN1C(=O)OC(C)(C)C.CC[C@H]1CCN(C(=O)OC(C)(C)C)[C@H](C=O)C1.CC[C@H]1CCN(C(=O)OC(C)(C)C)[C@H](CO)C1. The molecule has 7 aliphatic heterocycles. The lowest BCUT2D eigenvalue weighted by molar-refractivity contribution is -0.144. The number of ether oxygens (including phenoxy) is 7. The number of hydrogen-bond acceptors (Lipinski definition) is 20. The average molecular weight is 1790 g/mol. The summed E-state index contributed by atoms with van der Waals surface area (Å²) in [6.45, 7) is 71.1. The Bertz CT molecular complexity index is 3010. The molecule has 7 amide bonds. The molecule has 10 atom stereocenters. The third-order valence-corrected chi connectivity index (χ3v) is 28.0. The van der Waals surface area contributed by atoms with Gasteiger partial charge in [-0.2, -0.15) is 0 Å². The molecule has 0 bridgehead atoms. The number of amides is 7. The summed E-state index contributed by atoms with van der Waals surface area (Å²) in [5.41, 5.74) is -3.17. The summed E-state index contributed by atoms with van der Waals surface area (Å²) in [7, 11) is -1.70. The van der Waals surface area contributed by atoms with Crippen molar-refractivity contribution in [2.24, 2.45) is 41.4 Å². The Kier molecular flexibility index (Phi) is 51.3. The maximum Gasteiger partial charge on any atom is 0.410 e. The van der Waals surface area contributed by atoms with E-state index in [1.54, 1.807) is 19.6 Å². The molecule has 7 fully saturated rings. The Labute approximate surface area is 752 Å². The van der Waals surface area contributed by atoms with Crippen LogP contribution in [-0.4, -0.2) is 273 Å². The van der Waals surface area contributed by atoms with E-state index in [0.29, 0.717) is 81.7 Å². The fraction of sp³-hybridized carbons (Fsp3) is 0.905. The van der Waals surface area contributed by atoms with E-state index in [9.17, 15) is 53.4 Å². The number of carbonyl (C=O) groups excluding carboxylic acids is 8. The van der Waals surface area contributed by atoms with Crippen LogP contribution in [-0.2, 0) is 47.2 Å². The van der Waals surface area contributed by atoms with Crippen molar-refractivity contribution >= 4 is 63.2 Å². The van der Waals surface area contributed by atoms with Crippen LogP contribution in [0.4, 0.5) is 33.6 Å². The van der Waals surface area contributed by atoms with Gasteiger partial charge in [0.2, 0.25) is 0 Å². The third-order valence-electron chi connectivity index (χ3n) is 23.5. The van der Waals surface area contributed by atoms with E-state index in [0.717, 1.165) is 148 Å². The van der Waals surface area contributed by atoms with Gasteiger partial charge in [0.05, 0.1) is 24.6 Å². The zero-order chi connectivity index (χ0) is 94.8. The van der Waals surface area contributed by atoms with Crippen molar-refractivity contribution in [3.05, 3.63) is 0 Å². The predicted octanol–water partition coefficient (Wildman–Crippen LogP) is 20.7. The minimum atomic E-state index is -1.70. The van der Waals surface area contributed by atoms with Gasteiger partial charge in [0.25, 0.3) is 0 Å². The van der Waals surface area contributed by atoms with Crippen LogP contribution in [0.15, 0.2) is 0 Å². The smallest absolute Gasteiger partial charge is 0.410 e. The van der Waals surface area contributed by atoms with Crippen LogP contribution in [0.5, 0.6) is 0 Å². The molecule has 0 aromatic carbocycles. The van der Waals surface area contributed by atoms with Gasteiger partial charge in [-0.05, 0) is 308 Å². The molecule has 0 saturated carbocycles. The van der Waals surface area contributed by atoms with Crippen LogP contribution in [0.25, 0.3) is 0 Å². The number of aliphatic carboxylic acids is 1. The van der Waals surface area contributed by atoms with Crippen molar-refractivity contribution < 1.29 is 101 Å². The van der Waals surface area contributed by atoms with Gasteiger partial charge in [-0.1, -0.05) is 89.0 Å². The second-order valence-corrected chi connectivity index (χ2v) is 48.0. The van der Waals surface area contributed by atoms with E-state index in [-0.39, 0.29) is 117 Å². The molecule has 4 N–H and O–H groups in total. The molecule has 0 aliphatic carbocycles. The molecule has 7 rings (SSSR count). The van der Waals surface area contributed by atoms with E-state index < -0.39 is 47.9 Å². The number of carboxylic acids is 1. The minimum Gasteiger partial charge on any atom is -0.481 e. The average Bonchev–Trinajstić information content (AvgIpc) is 0.813. The fourth-order valence-corrected chi connectivity index (χ4v) is 16.2. The molecule has 124 heavy (non-hydrogen) atoms. The van der Waals surface area contributed by atoms with Gasteiger partial charge in [-0.3, -0.25) is 9.69 Å². The summed E-state index contributed by atoms with van der Waals surface area (Å²) in [5.74, 6) is 2.08. The largest absolute Gasteiger partial charge is 0.481 e. The standard InChI is InChI=1S/C19H39NO3Si.C13H23NO4.2C13H25NO3.C13H23NO3.C12H23NO2.C11H21NO3.CH4/c1-10-16-13-15(14-22-24(8,9)19(5,6)7)11-12-20(16)17(21)23-18(2,3)4;1-5-10-8-9(11(15)16)6-7-14(10)12(17)18-13(2,3)4;1-5-11-8-10(9-15)6-7-14(11)12(16)17-13(2,3)4;2*1-5-10-6-7-14(11(8-10)9-15)12(16)17-13(2,3)4;1-5-10-6-8-13(9-7-10)11(14)15-12(2,3)4;1-11(2,3)15-10(14)12-6-4-9(8-13)5-7-12;/h15-16H,10-14H2,1-9H3;9-10H,5-8H2,1-4H3,(H,15,16);2*10-11,15H,5-9H2,1-4H3;9-11H,5-8H2,1-4H3;10H,5-9H2,1-4H3;9,13H,4-8H2,1-3H3;1H4/t15-,16+;9-,10+;10-,11+;2*10-,11-;;;/m00000.../s1. The molecule has 29 heteroatoms. The fourth-order valence-electron chi connectivity index (χ4n) is 15.1. The van der Waals surface area contributed by atoms with Crippen molar-refractivity contribution in [2.45, 2.75) is 431 Å². The van der Waals surface area contributed by atoms with E-state index in [1.165, 1.54) is 6.42 Å². The highest BCUT2D eigenvalue weighted by Crippen LogP contribution is 2.39. The monoisotopic (exact) mass is 1790 g/mol. The summed E-state index contributed by atoms with van der Waals surface area (Å²) in [6, 6.07) is 0.0409.